The van der Waals surface area contributed by atoms with Crippen LogP contribution < -0.4 is 5.32 Å². The second-order valence-electron chi connectivity index (χ2n) is 6.00. The molecule has 6 nitrogen and oxygen atoms in total. The number of benzene rings is 2. The molecule has 0 unspecified atom stereocenters. The number of hydrogen-bond acceptors (Lipinski definition) is 5. The Morgan fingerprint density at radius 3 is 2.38 bits per heavy atom. The fraction of sp³-hybridized carbons (Fsp3) is 0.250. The minimum Gasteiger partial charge on any atom is -0.398 e. The lowest BCUT2D eigenvalue weighted by Gasteiger charge is -2.13. The number of aryl methyl sites for hydroxylation is 1. The first-order valence-corrected chi connectivity index (χ1v) is 8.53. The summed E-state index contributed by atoms with van der Waals surface area (Å²) in [7, 11) is 2.77. The number of rotatable bonds is 7. The second-order valence-corrected chi connectivity index (χ2v) is 6.00. The molecule has 2 aromatic carbocycles. The van der Waals surface area contributed by atoms with Gasteiger partial charge in [0.15, 0.2) is 5.71 Å². The number of amides is 1. The molecule has 0 spiro atoms. The standard InChI is InChI=1S/C20H20F3N3O3/c1-11-6-5-7-14(19(26-28-4)20(27)24-3)15(11)10-29-25-12(2)18-16(22)8-13(21)9-17(18)23/h5-9H,10H2,1-4H3,(H,24,27)/b25-12+,26-19+. The van der Waals surface area contributed by atoms with Crippen molar-refractivity contribution in [1.82, 2.24) is 5.32 Å². The number of carbonyl (C=O) groups is 1. The molecule has 0 saturated carbocycles. The van der Waals surface area contributed by atoms with E-state index in [1.165, 1.54) is 21.1 Å². The van der Waals surface area contributed by atoms with Crippen molar-refractivity contribution < 1.29 is 27.6 Å². The fourth-order valence-electron chi connectivity index (χ4n) is 2.67. The Morgan fingerprint density at radius 1 is 1.14 bits per heavy atom. The van der Waals surface area contributed by atoms with E-state index in [0.717, 1.165) is 5.56 Å². The Morgan fingerprint density at radius 2 is 1.79 bits per heavy atom. The molecule has 0 heterocycles. The summed E-state index contributed by atoms with van der Waals surface area (Å²) in [4.78, 5) is 22.2. The van der Waals surface area contributed by atoms with Crippen LogP contribution in [0.3, 0.4) is 0 Å². The molecule has 2 rings (SSSR count). The van der Waals surface area contributed by atoms with E-state index >= 15 is 0 Å². The van der Waals surface area contributed by atoms with Crippen molar-refractivity contribution in [3.63, 3.8) is 0 Å². The average molecular weight is 407 g/mol. The third-order valence-corrected chi connectivity index (χ3v) is 4.07. The van der Waals surface area contributed by atoms with Gasteiger partial charge in [-0.2, -0.15) is 0 Å². The molecular weight excluding hydrogens is 387 g/mol. The van der Waals surface area contributed by atoms with Crippen molar-refractivity contribution in [2.45, 2.75) is 20.5 Å². The van der Waals surface area contributed by atoms with Gasteiger partial charge in [0.1, 0.15) is 31.2 Å². The van der Waals surface area contributed by atoms with E-state index in [1.807, 2.05) is 0 Å². The number of oxime groups is 2. The number of nitrogens with zero attached hydrogens (tertiary/aromatic N) is 2. The molecule has 2 aromatic rings. The molecule has 154 valence electrons. The highest BCUT2D eigenvalue weighted by Gasteiger charge is 2.19. The van der Waals surface area contributed by atoms with E-state index in [9.17, 15) is 18.0 Å². The highest BCUT2D eigenvalue weighted by molar-refractivity contribution is 6.45. The Labute approximate surface area is 166 Å². The predicted octanol–water partition coefficient (Wildman–Crippen LogP) is 3.45. The maximum Gasteiger partial charge on any atom is 0.273 e. The van der Waals surface area contributed by atoms with E-state index in [-0.39, 0.29) is 18.0 Å². The highest BCUT2D eigenvalue weighted by Crippen LogP contribution is 2.19. The van der Waals surface area contributed by atoms with Gasteiger partial charge in [-0.3, -0.25) is 4.79 Å². The zero-order valence-electron chi connectivity index (χ0n) is 16.3. The van der Waals surface area contributed by atoms with Gasteiger partial charge in [0.05, 0.1) is 11.3 Å². The van der Waals surface area contributed by atoms with Crippen LogP contribution in [0.2, 0.25) is 0 Å². The SMILES string of the molecule is CNC(=O)/C(=N/OC)c1cccc(C)c1CO/N=C(\C)c1c(F)cc(F)cc1F. The number of carbonyl (C=O) groups excluding carboxylic acids is 1. The number of hydrogen-bond donors (Lipinski definition) is 1. The van der Waals surface area contributed by atoms with Crippen molar-refractivity contribution >= 4 is 17.3 Å². The zero-order valence-corrected chi connectivity index (χ0v) is 16.3. The van der Waals surface area contributed by atoms with Gasteiger partial charge in [0.2, 0.25) is 0 Å². The molecule has 29 heavy (non-hydrogen) atoms. The molecule has 1 amide bonds. The normalized spacial score (nSPS) is 12.0. The van der Waals surface area contributed by atoms with Crippen molar-refractivity contribution in [3.05, 3.63) is 70.0 Å². The summed E-state index contributed by atoms with van der Waals surface area (Å²) < 4.78 is 40.8. The van der Waals surface area contributed by atoms with Crippen LogP contribution in [0.15, 0.2) is 40.6 Å². The number of halogens is 3. The first-order chi connectivity index (χ1) is 13.8. The first kappa shape index (κ1) is 21.9. The van der Waals surface area contributed by atoms with Crippen molar-refractivity contribution in [1.29, 1.82) is 0 Å². The van der Waals surface area contributed by atoms with Crippen LogP contribution in [0.25, 0.3) is 0 Å². The van der Waals surface area contributed by atoms with E-state index < -0.39 is 28.9 Å². The summed E-state index contributed by atoms with van der Waals surface area (Å²) in [5.74, 6) is -3.66. The van der Waals surface area contributed by atoms with Gasteiger partial charge in [-0.05, 0) is 19.4 Å². The van der Waals surface area contributed by atoms with Gasteiger partial charge in [-0.15, -0.1) is 0 Å². The van der Waals surface area contributed by atoms with E-state index in [2.05, 4.69) is 15.6 Å². The molecule has 1 N–H and O–H groups in total. The van der Waals surface area contributed by atoms with Crippen LogP contribution >= 0.6 is 0 Å². The molecule has 0 aliphatic heterocycles. The van der Waals surface area contributed by atoms with Crippen molar-refractivity contribution in [3.8, 4) is 0 Å². The molecule has 0 aliphatic rings. The molecule has 0 aromatic heterocycles. The van der Waals surface area contributed by atoms with E-state index in [4.69, 9.17) is 9.68 Å². The number of likely N-dealkylation sites (N-methyl/N-ethyl adjacent to an activating group) is 1. The molecule has 0 atom stereocenters. The Kier molecular flexibility index (Phi) is 7.35. The van der Waals surface area contributed by atoms with E-state index in [0.29, 0.717) is 23.3 Å². The monoisotopic (exact) mass is 407 g/mol. The fourth-order valence-corrected chi connectivity index (χ4v) is 2.67. The first-order valence-electron chi connectivity index (χ1n) is 8.53. The summed E-state index contributed by atoms with van der Waals surface area (Å²) in [6.07, 6.45) is 0. The maximum absolute atomic E-state index is 13.9. The van der Waals surface area contributed by atoms with Gasteiger partial charge >= 0.3 is 0 Å². The molecule has 0 bridgehead atoms. The smallest absolute Gasteiger partial charge is 0.273 e. The van der Waals surface area contributed by atoms with Crippen LogP contribution in [-0.2, 0) is 21.1 Å². The van der Waals surface area contributed by atoms with Gasteiger partial charge < -0.3 is 15.0 Å². The Balaban J connectivity index is 2.33. The molecule has 0 radical (unpaired) electrons. The number of nitrogens with one attached hydrogen (secondary N) is 1. The topological polar surface area (TPSA) is 72.3 Å². The maximum atomic E-state index is 13.9. The zero-order chi connectivity index (χ0) is 21.6. The lowest BCUT2D eigenvalue weighted by atomic mass is 9.98. The molecule has 0 saturated heterocycles. The van der Waals surface area contributed by atoms with Crippen molar-refractivity contribution in [2.24, 2.45) is 10.3 Å². The van der Waals surface area contributed by atoms with Gasteiger partial charge in [-0.1, -0.05) is 28.5 Å². The Hall–Kier alpha value is -3.36. The molecular formula is C20H20F3N3O3. The lowest BCUT2D eigenvalue weighted by Crippen LogP contribution is -2.29. The lowest BCUT2D eigenvalue weighted by molar-refractivity contribution is -0.114. The van der Waals surface area contributed by atoms with Gasteiger partial charge in [-0.25, -0.2) is 13.2 Å². The third kappa shape index (κ3) is 5.13. The highest BCUT2D eigenvalue weighted by atomic mass is 19.1. The Bertz CT molecular complexity index is 952. The average Bonchev–Trinajstić information content (AvgIpc) is 2.66. The minimum atomic E-state index is -1.09. The summed E-state index contributed by atoms with van der Waals surface area (Å²) in [6, 6.07) is 6.32. The van der Waals surface area contributed by atoms with Crippen molar-refractivity contribution in [2.75, 3.05) is 14.2 Å². The predicted molar refractivity (Wildman–Crippen MR) is 102 cm³/mol. The van der Waals surface area contributed by atoms with E-state index in [1.54, 1.807) is 25.1 Å². The van der Waals surface area contributed by atoms with Crippen LogP contribution in [0, 0.1) is 24.4 Å². The van der Waals surface area contributed by atoms with Gasteiger partial charge in [0, 0.05) is 30.3 Å². The second kappa shape index (κ2) is 9.72. The summed E-state index contributed by atoms with van der Waals surface area (Å²) >= 11 is 0. The largest absolute Gasteiger partial charge is 0.398 e. The summed E-state index contributed by atoms with van der Waals surface area (Å²) in [6.45, 7) is 3.02. The van der Waals surface area contributed by atoms with Gasteiger partial charge in [0.25, 0.3) is 5.91 Å². The third-order valence-electron chi connectivity index (χ3n) is 4.07. The van der Waals surface area contributed by atoms with Crippen LogP contribution in [0.5, 0.6) is 0 Å². The summed E-state index contributed by atoms with van der Waals surface area (Å²) in [5.41, 5.74) is 1.27. The molecule has 0 fully saturated rings. The van der Waals surface area contributed by atoms with Crippen LogP contribution in [-0.4, -0.2) is 31.5 Å². The molecule has 0 aliphatic carbocycles. The minimum absolute atomic E-state index is 0.0358. The molecule has 9 heteroatoms. The summed E-state index contributed by atoms with van der Waals surface area (Å²) in [5, 5.41) is 9.98. The van der Waals surface area contributed by atoms with Crippen LogP contribution in [0.1, 0.15) is 29.2 Å². The van der Waals surface area contributed by atoms with Crippen LogP contribution in [0.4, 0.5) is 13.2 Å². The quantitative estimate of drug-likeness (QED) is 0.565.